The molecule has 282 valence electrons. The van der Waals surface area contributed by atoms with Crippen LogP contribution < -0.4 is 5.73 Å². The van der Waals surface area contributed by atoms with Gasteiger partial charge in [-0.2, -0.15) is 0 Å². The van der Waals surface area contributed by atoms with Crippen molar-refractivity contribution in [2.45, 2.75) is 159 Å². The van der Waals surface area contributed by atoms with Crippen molar-refractivity contribution in [3.63, 3.8) is 0 Å². The number of rotatable bonds is 8. The number of nitrogens with two attached hydrogens (primary N) is 1. The zero-order valence-corrected chi connectivity index (χ0v) is 34.1. The minimum atomic E-state index is -0.833. The van der Waals surface area contributed by atoms with Gasteiger partial charge < -0.3 is 20.3 Å². The van der Waals surface area contributed by atoms with Crippen LogP contribution in [0, 0.1) is 63.1 Å². The molecule has 11 atom stereocenters. The zero-order valence-electron chi connectivity index (χ0n) is 34.1. The number of carbonyl (C=O) groups is 2. The van der Waals surface area contributed by atoms with Crippen LogP contribution in [0.4, 0.5) is 0 Å². The molecule has 1 aliphatic heterocycles. The number of aliphatic carboxylic acids is 1. The lowest BCUT2D eigenvalue weighted by Crippen LogP contribution is -2.67. The first-order chi connectivity index (χ1) is 23.0. The quantitative estimate of drug-likeness (QED) is 0.246. The smallest absolute Gasteiger partial charge is 0.300 e. The molecule has 6 heteroatoms. The lowest BCUT2D eigenvalue weighted by Gasteiger charge is -2.69. The van der Waals surface area contributed by atoms with E-state index in [1.807, 2.05) is 6.26 Å². The van der Waals surface area contributed by atoms with Crippen LogP contribution in [0.2, 0.25) is 0 Å². The van der Waals surface area contributed by atoms with Crippen LogP contribution in [-0.4, -0.2) is 40.7 Å². The summed E-state index contributed by atoms with van der Waals surface area (Å²) in [6.45, 7) is 32.2. The number of carboxylic acids is 1. The first-order valence-electron chi connectivity index (χ1n) is 19.9. The Kier molecular flexibility index (Phi) is 10.1. The van der Waals surface area contributed by atoms with E-state index < -0.39 is 11.4 Å². The van der Waals surface area contributed by atoms with Crippen molar-refractivity contribution < 1.29 is 24.2 Å². The van der Waals surface area contributed by atoms with Gasteiger partial charge in [-0.25, -0.2) is 0 Å². The fourth-order valence-corrected chi connectivity index (χ4v) is 12.2. The summed E-state index contributed by atoms with van der Waals surface area (Å²) in [7, 11) is 0. The summed E-state index contributed by atoms with van der Waals surface area (Å²) in [6, 6.07) is 0. The number of ketones is 1. The van der Waals surface area contributed by atoms with Crippen LogP contribution >= 0.6 is 0 Å². The van der Waals surface area contributed by atoms with E-state index in [1.165, 1.54) is 30.4 Å². The normalized spacial score (nSPS) is 42.2. The summed E-state index contributed by atoms with van der Waals surface area (Å²) in [5, 5.41) is 7.42. The molecule has 0 aromatic rings. The number of fused-ring (bicyclic) bond motifs is 5. The number of allylic oxidation sites excluding steroid dienone is 4. The maximum absolute atomic E-state index is 15.1. The summed E-state index contributed by atoms with van der Waals surface area (Å²) in [4.78, 5) is 24.1. The van der Waals surface area contributed by atoms with E-state index in [0.29, 0.717) is 53.8 Å². The second-order valence-electron chi connectivity index (χ2n) is 19.8. The molecule has 3 N–H and O–H groups in total. The largest absolute Gasteiger partial charge is 0.495 e. The Hall–Kier alpha value is -1.92. The average Bonchev–Trinajstić information content (AvgIpc) is 3.02. The molecule has 6 nitrogen and oxygen atoms in total. The van der Waals surface area contributed by atoms with E-state index >= 15 is 4.79 Å². The number of carbonyl (C=O) groups excluding carboxylic acids is 1. The molecular formula is C44H71NO5. The Morgan fingerprint density at radius 3 is 2.24 bits per heavy atom. The predicted molar refractivity (Wildman–Crippen MR) is 202 cm³/mol. The van der Waals surface area contributed by atoms with Crippen LogP contribution in [0.3, 0.4) is 0 Å². The molecule has 7 rings (SSSR count). The lowest BCUT2D eigenvalue weighted by molar-refractivity contribution is -0.190. The standard InChI is InChI=1S/C42H67NO3.C2H4O2/c1-24(2)29(9)41-17-16-38(11)32-14-15-34(37(10)20-30-18-31(28(30)8)36(37)45-23-39(12,43)25(3)4)40(13,26(5)6)33(32)19-35(44)42(38,22-41)27(7)21-46-41;1-2(3)4/h19,21,24-26,29-30,32,34,36H,14-18,20,22-23,43H2,1-13H3;1H3,(H,3,4)/t29-,30?,32?,34?,36?,37+,38?,39?,40-,41-,42+;/m1./s1. The molecule has 7 aliphatic rings. The van der Waals surface area contributed by atoms with Crippen molar-refractivity contribution in [2.75, 3.05) is 6.61 Å². The highest BCUT2D eigenvalue weighted by molar-refractivity contribution is 6.00. The monoisotopic (exact) mass is 694 g/mol. The van der Waals surface area contributed by atoms with Crippen LogP contribution in [0.5, 0.6) is 0 Å². The van der Waals surface area contributed by atoms with E-state index in [9.17, 15) is 0 Å². The van der Waals surface area contributed by atoms with E-state index in [0.717, 1.165) is 38.2 Å². The molecule has 3 fully saturated rings. The molecule has 0 aromatic heterocycles. The molecule has 1 spiro atoms. The van der Waals surface area contributed by atoms with Gasteiger partial charge in [0.05, 0.1) is 24.4 Å². The van der Waals surface area contributed by atoms with Crippen molar-refractivity contribution >= 4 is 11.8 Å². The number of hydrogen-bond acceptors (Lipinski definition) is 5. The SMILES string of the molecule is CC(=O)O.CC1=CO[C@]2([C@H](C)C(C)C)CCC3(C)C4CCC([C@]5(C)CC6CC(=C6C)C5OCC(C)(N)C(C)C)[C@](C)(C(C)C)C4=CC(=O)[C@]13C2. The van der Waals surface area contributed by atoms with Gasteiger partial charge in [-0.05, 0) is 129 Å². The van der Waals surface area contributed by atoms with E-state index in [4.69, 9.17) is 25.1 Å². The third-order valence-electron chi connectivity index (χ3n) is 16.6. The van der Waals surface area contributed by atoms with Crippen molar-refractivity contribution in [2.24, 2.45) is 68.8 Å². The highest BCUT2D eigenvalue weighted by atomic mass is 16.5. The fourth-order valence-electron chi connectivity index (χ4n) is 12.2. The van der Waals surface area contributed by atoms with Crippen molar-refractivity contribution in [1.29, 1.82) is 0 Å². The minimum absolute atomic E-state index is 0.00233. The molecule has 1 heterocycles. The fraction of sp³-hybridized carbons (Fsp3) is 0.818. The van der Waals surface area contributed by atoms with Crippen LogP contribution in [-0.2, 0) is 19.1 Å². The third-order valence-corrected chi connectivity index (χ3v) is 16.6. The van der Waals surface area contributed by atoms with E-state index in [-0.39, 0.29) is 33.5 Å². The van der Waals surface area contributed by atoms with Crippen molar-refractivity contribution in [1.82, 2.24) is 0 Å². The average molecular weight is 694 g/mol. The Balaban J connectivity index is 0.00000115. The highest BCUT2D eigenvalue weighted by Gasteiger charge is 2.71. The lowest BCUT2D eigenvalue weighted by atomic mass is 9.35. The summed E-state index contributed by atoms with van der Waals surface area (Å²) >= 11 is 0. The Labute approximate surface area is 304 Å². The highest BCUT2D eigenvalue weighted by Crippen LogP contribution is 2.74. The topological polar surface area (TPSA) is 98.8 Å². The van der Waals surface area contributed by atoms with Crippen LogP contribution in [0.1, 0.15) is 142 Å². The second kappa shape index (κ2) is 12.9. The van der Waals surface area contributed by atoms with Gasteiger partial charge in [-0.15, -0.1) is 0 Å². The van der Waals surface area contributed by atoms with Crippen molar-refractivity contribution in [3.05, 3.63) is 34.6 Å². The van der Waals surface area contributed by atoms with Crippen LogP contribution in [0.15, 0.2) is 34.6 Å². The molecule has 0 radical (unpaired) electrons. The summed E-state index contributed by atoms with van der Waals surface area (Å²) < 4.78 is 13.7. The van der Waals surface area contributed by atoms with Gasteiger partial charge in [0.15, 0.2) is 5.78 Å². The maximum atomic E-state index is 15.1. The summed E-state index contributed by atoms with van der Waals surface area (Å²) in [5.41, 5.74) is 11.2. The van der Waals surface area contributed by atoms with Gasteiger partial charge in [0.1, 0.15) is 5.60 Å². The first kappa shape index (κ1) is 39.3. The van der Waals surface area contributed by atoms with Crippen LogP contribution in [0.25, 0.3) is 0 Å². The number of carboxylic acid groups (broad SMARTS) is 1. The number of ether oxygens (including phenoxy) is 2. The zero-order chi connectivity index (χ0) is 37.6. The van der Waals surface area contributed by atoms with Crippen molar-refractivity contribution in [3.8, 4) is 0 Å². The summed E-state index contributed by atoms with van der Waals surface area (Å²) in [5.74, 6) is 2.67. The Morgan fingerprint density at radius 2 is 1.70 bits per heavy atom. The molecule has 3 saturated carbocycles. The van der Waals surface area contributed by atoms with Gasteiger partial charge >= 0.3 is 0 Å². The molecule has 50 heavy (non-hydrogen) atoms. The van der Waals surface area contributed by atoms with Gasteiger partial charge in [0.2, 0.25) is 0 Å². The molecule has 0 saturated heterocycles. The molecule has 0 amide bonds. The maximum Gasteiger partial charge on any atom is 0.300 e. The van der Waals surface area contributed by atoms with Gasteiger partial charge in [-0.3, -0.25) is 9.59 Å². The van der Waals surface area contributed by atoms with Gasteiger partial charge in [0.25, 0.3) is 5.97 Å². The minimum Gasteiger partial charge on any atom is -0.495 e. The molecule has 0 aromatic carbocycles. The van der Waals surface area contributed by atoms with Gasteiger partial charge in [0, 0.05) is 24.3 Å². The predicted octanol–water partition coefficient (Wildman–Crippen LogP) is 9.92. The molecule has 6 aliphatic carbocycles. The number of hydrogen-bond donors (Lipinski definition) is 2. The first-order valence-corrected chi connectivity index (χ1v) is 19.9. The molecule has 6 unspecified atom stereocenters. The van der Waals surface area contributed by atoms with Gasteiger partial charge in [-0.1, -0.05) is 80.4 Å². The molecular weight excluding hydrogens is 622 g/mol. The van der Waals surface area contributed by atoms with E-state index in [1.54, 1.807) is 5.57 Å². The Morgan fingerprint density at radius 1 is 1.08 bits per heavy atom. The summed E-state index contributed by atoms with van der Waals surface area (Å²) in [6.07, 6.45) is 11.9. The second-order valence-corrected chi connectivity index (χ2v) is 19.8. The third kappa shape index (κ3) is 5.53. The van der Waals surface area contributed by atoms with E-state index in [2.05, 4.69) is 96.1 Å². The Bertz CT molecular complexity index is 1460. The molecule has 4 bridgehead atoms.